The number of nitrogens with one attached hydrogen (secondary N) is 1. The van der Waals surface area contributed by atoms with Crippen molar-refractivity contribution in [3.63, 3.8) is 0 Å². The Morgan fingerprint density at radius 2 is 2.40 bits per heavy atom. The molecule has 0 amide bonds. The molecule has 3 heteroatoms. The van der Waals surface area contributed by atoms with E-state index in [1.165, 1.54) is 0 Å². The number of thiophene rings is 1. The van der Waals surface area contributed by atoms with Gasteiger partial charge in [0.25, 0.3) is 0 Å². The van der Waals surface area contributed by atoms with Crippen LogP contribution in [0.25, 0.3) is 0 Å². The molecule has 1 aromatic rings. The van der Waals surface area contributed by atoms with Gasteiger partial charge < -0.3 is 11.1 Å². The van der Waals surface area contributed by atoms with Gasteiger partial charge in [0.1, 0.15) is 0 Å². The summed E-state index contributed by atoms with van der Waals surface area (Å²) in [7, 11) is 0. The Kier molecular flexibility index (Phi) is 2.19. The predicted octanol–water partition coefficient (Wildman–Crippen LogP) is 1.59. The van der Waals surface area contributed by atoms with E-state index in [9.17, 15) is 0 Å². The van der Waals surface area contributed by atoms with Crippen molar-refractivity contribution in [2.45, 2.75) is 13.5 Å². The van der Waals surface area contributed by atoms with Crippen molar-refractivity contribution < 1.29 is 0 Å². The number of hydrogen-bond acceptors (Lipinski definition) is 3. The summed E-state index contributed by atoms with van der Waals surface area (Å²) in [5, 5.41) is 7.29. The standard InChI is InChI=1S/C7H10N2S/c1-5(9)7-3-2-6(4-8)10-7/h2-3,9H,4,8H2,1H3. The fraction of sp³-hybridized carbons (Fsp3) is 0.286. The highest BCUT2D eigenvalue weighted by molar-refractivity contribution is 7.14. The lowest BCUT2D eigenvalue weighted by molar-refractivity contribution is 1.11. The zero-order valence-corrected chi connectivity index (χ0v) is 6.66. The Bertz CT molecular complexity index is 240. The molecule has 2 nitrogen and oxygen atoms in total. The van der Waals surface area contributed by atoms with Crippen molar-refractivity contribution in [2.75, 3.05) is 0 Å². The second kappa shape index (κ2) is 2.94. The van der Waals surface area contributed by atoms with Crippen molar-refractivity contribution >= 4 is 17.0 Å². The van der Waals surface area contributed by atoms with Gasteiger partial charge >= 0.3 is 0 Å². The van der Waals surface area contributed by atoms with Crippen LogP contribution >= 0.6 is 11.3 Å². The first-order valence-corrected chi connectivity index (χ1v) is 3.90. The summed E-state index contributed by atoms with van der Waals surface area (Å²) in [5.41, 5.74) is 6.02. The zero-order chi connectivity index (χ0) is 7.56. The van der Waals surface area contributed by atoms with Gasteiger partial charge in [0.2, 0.25) is 0 Å². The third-order valence-corrected chi connectivity index (χ3v) is 2.46. The molecule has 0 saturated carbocycles. The van der Waals surface area contributed by atoms with E-state index in [2.05, 4.69) is 0 Å². The third-order valence-electron chi connectivity index (χ3n) is 1.23. The van der Waals surface area contributed by atoms with Gasteiger partial charge in [-0.3, -0.25) is 0 Å². The molecule has 0 atom stereocenters. The zero-order valence-electron chi connectivity index (χ0n) is 5.85. The lowest BCUT2D eigenvalue weighted by Gasteiger charge is -1.87. The summed E-state index contributed by atoms with van der Waals surface area (Å²) < 4.78 is 0. The van der Waals surface area contributed by atoms with Crippen LogP contribution in [0.4, 0.5) is 0 Å². The van der Waals surface area contributed by atoms with E-state index in [0.717, 1.165) is 9.75 Å². The maximum absolute atomic E-state index is 7.29. The van der Waals surface area contributed by atoms with E-state index < -0.39 is 0 Å². The largest absolute Gasteiger partial charge is 0.326 e. The molecule has 0 aliphatic carbocycles. The van der Waals surface area contributed by atoms with Crippen molar-refractivity contribution in [1.82, 2.24) is 0 Å². The molecule has 0 spiro atoms. The number of nitrogens with two attached hydrogens (primary N) is 1. The van der Waals surface area contributed by atoms with Crippen molar-refractivity contribution in [2.24, 2.45) is 5.73 Å². The van der Waals surface area contributed by atoms with E-state index in [1.807, 2.05) is 12.1 Å². The van der Waals surface area contributed by atoms with E-state index >= 15 is 0 Å². The van der Waals surface area contributed by atoms with Crippen LogP contribution in [-0.2, 0) is 6.54 Å². The fourth-order valence-electron chi connectivity index (χ4n) is 0.689. The van der Waals surface area contributed by atoms with Gasteiger partial charge in [-0.1, -0.05) is 0 Å². The van der Waals surface area contributed by atoms with Gasteiger partial charge in [-0.15, -0.1) is 11.3 Å². The topological polar surface area (TPSA) is 49.9 Å². The molecular weight excluding hydrogens is 144 g/mol. The quantitative estimate of drug-likeness (QED) is 0.624. The molecule has 0 radical (unpaired) electrons. The minimum Gasteiger partial charge on any atom is -0.326 e. The second-order valence-corrected chi connectivity index (χ2v) is 3.26. The Morgan fingerprint density at radius 3 is 2.70 bits per heavy atom. The van der Waals surface area contributed by atoms with Crippen molar-refractivity contribution in [3.8, 4) is 0 Å². The molecule has 0 aliphatic heterocycles. The summed E-state index contributed by atoms with van der Waals surface area (Å²) >= 11 is 1.59. The molecule has 0 saturated heterocycles. The van der Waals surface area contributed by atoms with Crippen LogP contribution in [0.1, 0.15) is 16.7 Å². The van der Waals surface area contributed by atoms with E-state index in [-0.39, 0.29) is 0 Å². The molecule has 0 aliphatic rings. The fourth-order valence-corrected chi connectivity index (χ4v) is 1.48. The lowest BCUT2D eigenvalue weighted by atomic mass is 10.3. The van der Waals surface area contributed by atoms with Gasteiger partial charge in [0, 0.05) is 22.0 Å². The maximum Gasteiger partial charge on any atom is 0.0478 e. The summed E-state index contributed by atoms with van der Waals surface area (Å²) in [4.78, 5) is 2.15. The lowest BCUT2D eigenvalue weighted by Crippen LogP contribution is -1.91. The highest BCUT2D eigenvalue weighted by atomic mass is 32.1. The number of rotatable bonds is 2. The van der Waals surface area contributed by atoms with Gasteiger partial charge in [-0.25, -0.2) is 0 Å². The second-order valence-electron chi connectivity index (χ2n) is 2.10. The van der Waals surface area contributed by atoms with Crippen LogP contribution in [0.5, 0.6) is 0 Å². The van der Waals surface area contributed by atoms with Crippen molar-refractivity contribution in [1.29, 1.82) is 5.41 Å². The van der Waals surface area contributed by atoms with Gasteiger partial charge in [-0.05, 0) is 19.1 Å². The Balaban J connectivity index is 2.88. The van der Waals surface area contributed by atoms with Gasteiger partial charge in [0.05, 0.1) is 0 Å². The normalized spacial score (nSPS) is 9.80. The molecule has 0 aromatic carbocycles. The first-order chi connectivity index (χ1) is 4.74. The Labute approximate surface area is 64.2 Å². The minimum atomic E-state index is 0.581. The highest BCUT2D eigenvalue weighted by Crippen LogP contribution is 2.15. The molecule has 54 valence electrons. The first-order valence-electron chi connectivity index (χ1n) is 3.08. The molecular formula is C7H10N2S. The predicted molar refractivity (Wildman–Crippen MR) is 44.7 cm³/mol. The Hall–Kier alpha value is -0.670. The SMILES string of the molecule is CC(=N)c1ccc(CN)s1. The smallest absolute Gasteiger partial charge is 0.0478 e. The monoisotopic (exact) mass is 154 g/mol. The number of hydrogen-bond donors (Lipinski definition) is 2. The molecule has 10 heavy (non-hydrogen) atoms. The molecule has 1 heterocycles. The Morgan fingerprint density at radius 1 is 1.70 bits per heavy atom. The molecule has 0 fully saturated rings. The van der Waals surface area contributed by atoms with Crippen LogP contribution in [0, 0.1) is 5.41 Å². The average molecular weight is 154 g/mol. The van der Waals surface area contributed by atoms with Crippen LogP contribution in [0.15, 0.2) is 12.1 Å². The maximum atomic E-state index is 7.29. The van der Waals surface area contributed by atoms with Crippen LogP contribution in [0.2, 0.25) is 0 Å². The molecule has 1 aromatic heterocycles. The average Bonchev–Trinajstić information content (AvgIpc) is 2.34. The van der Waals surface area contributed by atoms with Crippen molar-refractivity contribution in [3.05, 3.63) is 21.9 Å². The van der Waals surface area contributed by atoms with Crippen LogP contribution in [0.3, 0.4) is 0 Å². The molecule has 3 N–H and O–H groups in total. The third kappa shape index (κ3) is 1.43. The van der Waals surface area contributed by atoms with Gasteiger partial charge in [0.15, 0.2) is 0 Å². The molecule has 0 unspecified atom stereocenters. The van der Waals surface area contributed by atoms with E-state index in [1.54, 1.807) is 18.3 Å². The van der Waals surface area contributed by atoms with Gasteiger partial charge in [-0.2, -0.15) is 0 Å². The summed E-state index contributed by atoms with van der Waals surface area (Å²) in [6.45, 7) is 2.37. The molecule has 1 rings (SSSR count). The van der Waals surface area contributed by atoms with E-state index in [0.29, 0.717) is 12.3 Å². The minimum absolute atomic E-state index is 0.581. The first kappa shape index (κ1) is 7.44. The van der Waals surface area contributed by atoms with Crippen LogP contribution < -0.4 is 5.73 Å². The summed E-state index contributed by atoms with van der Waals surface area (Å²) in [6, 6.07) is 3.91. The summed E-state index contributed by atoms with van der Waals surface area (Å²) in [6.07, 6.45) is 0. The summed E-state index contributed by atoms with van der Waals surface area (Å²) in [5.74, 6) is 0. The van der Waals surface area contributed by atoms with Crippen LogP contribution in [-0.4, -0.2) is 5.71 Å². The molecule has 0 bridgehead atoms. The van der Waals surface area contributed by atoms with E-state index in [4.69, 9.17) is 11.1 Å². The highest BCUT2D eigenvalue weighted by Gasteiger charge is 1.98.